The third kappa shape index (κ3) is 1.80. The highest BCUT2D eigenvalue weighted by Gasteiger charge is 2.02. The highest BCUT2D eigenvalue weighted by molar-refractivity contribution is 6.42. The monoisotopic (exact) mass is 201 g/mol. The fourth-order valence-corrected chi connectivity index (χ4v) is 1.11. The van der Waals surface area contributed by atoms with Gasteiger partial charge >= 0.3 is 0 Å². The van der Waals surface area contributed by atoms with Gasteiger partial charge in [0.1, 0.15) is 5.94 Å². The molecule has 1 aromatic carbocycles. The molecule has 0 aliphatic rings. The number of nitrogens with two attached hydrogens (primary N) is 1. The van der Waals surface area contributed by atoms with Gasteiger partial charge in [0.25, 0.3) is 0 Å². The van der Waals surface area contributed by atoms with E-state index in [9.17, 15) is 4.79 Å². The molecule has 0 saturated carbocycles. The molecule has 0 aliphatic heterocycles. The van der Waals surface area contributed by atoms with Gasteiger partial charge in [-0.15, -0.1) is 0 Å². The summed E-state index contributed by atoms with van der Waals surface area (Å²) in [6, 6.07) is 3.01. The Kier molecular flexibility index (Phi) is 2.77. The first-order valence-corrected chi connectivity index (χ1v) is 3.86. The molecule has 0 fully saturated rings. The minimum absolute atomic E-state index is 0.368. The quantitative estimate of drug-likeness (QED) is 0.561. The van der Waals surface area contributed by atoms with Crippen LogP contribution >= 0.6 is 23.2 Å². The van der Waals surface area contributed by atoms with Crippen LogP contribution in [0.4, 0.5) is 5.69 Å². The van der Waals surface area contributed by atoms with Crippen LogP contribution in [-0.2, 0) is 4.79 Å². The van der Waals surface area contributed by atoms with Crippen LogP contribution in [0.3, 0.4) is 0 Å². The lowest BCUT2D eigenvalue weighted by Gasteiger charge is -2.01. The van der Waals surface area contributed by atoms with Gasteiger partial charge in [-0.05, 0) is 12.1 Å². The maximum atomic E-state index is 10.0. The zero-order chi connectivity index (χ0) is 9.14. The van der Waals surface area contributed by atoms with Crippen LogP contribution in [-0.4, -0.2) is 5.94 Å². The van der Waals surface area contributed by atoms with Gasteiger partial charge in [0, 0.05) is 17.3 Å². The molecule has 0 spiro atoms. The van der Waals surface area contributed by atoms with Crippen LogP contribution in [0.15, 0.2) is 12.1 Å². The predicted octanol–water partition coefficient (Wildman–Crippen LogP) is 2.42. The van der Waals surface area contributed by atoms with Crippen molar-refractivity contribution in [2.24, 2.45) is 0 Å². The van der Waals surface area contributed by atoms with Gasteiger partial charge in [0.05, 0.1) is 10.0 Å². The van der Waals surface area contributed by atoms with E-state index in [0.717, 1.165) is 0 Å². The standard InChI is InChI=1S/C8H5Cl2NO/c9-6-3-5(1-2-12)8(11)4-7(6)10/h1,3-4H,11H2. The van der Waals surface area contributed by atoms with Crippen LogP contribution in [0.2, 0.25) is 10.0 Å². The molecular formula is C8H5Cl2NO. The number of anilines is 1. The zero-order valence-corrected chi connectivity index (χ0v) is 7.49. The Balaban J connectivity index is 3.32. The molecule has 0 aromatic heterocycles. The van der Waals surface area contributed by atoms with Gasteiger partial charge in [0.15, 0.2) is 0 Å². The van der Waals surface area contributed by atoms with Gasteiger partial charge in [-0.25, -0.2) is 4.79 Å². The van der Waals surface area contributed by atoms with E-state index in [1.54, 1.807) is 5.94 Å². The summed E-state index contributed by atoms with van der Waals surface area (Å²) < 4.78 is 0. The third-order valence-corrected chi connectivity index (χ3v) is 2.06. The van der Waals surface area contributed by atoms with Gasteiger partial charge in [0.2, 0.25) is 0 Å². The minimum Gasteiger partial charge on any atom is -0.398 e. The molecule has 62 valence electrons. The minimum atomic E-state index is 0.368. The summed E-state index contributed by atoms with van der Waals surface area (Å²) in [5, 5.41) is 0.740. The van der Waals surface area contributed by atoms with Crippen LogP contribution in [0.1, 0.15) is 5.56 Å². The van der Waals surface area contributed by atoms with E-state index in [2.05, 4.69) is 0 Å². The Morgan fingerprint density at radius 3 is 2.50 bits per heavy atom. The Bertz CT molecular complexity index is 356. The van der Waals surface area contributed by atoms with Gasteiger partial charge in [-0.3, -0.25) is 0 Å². The molecule has 0 aliphatic carbocycles. The number of hydrogen-bond acceptors (Lipinski definition) is 2. The average Bonchev–Trinajstić information content (AvgIpc) is 2.01. The summed E-state index contributed by atoms with van der Waals surface area (Å²) in [7, 11) is 0. The summed E-state index contributed by atoms with van der Waals surface area (Å²) >= 11 is 11.3. The van der Waals surface area contributed by atoms with Gasteiger partial charge in [-0.1, -0.05) is 23.2 Å². The van der Waals surface area contributed by atoms with Crippen molar-refractivity contribution in [2.75, 3.05) is 5.73 Å². The van der Waals surface area contributed by atoms with Crippen molar-refractivity contribution in [2.45, 2.75) is 0 Å². The second-order valence-electron chi connectivity index (χ2n) is 2.16. The van der Waals surface area contributed by atoms with Crippen molar-refractivity contribution in [3.05, 3.63) is 27.7 Å². The Labute approximate surface area is 79.6 Å². The van der Waals surface area contributed by atoms with Crippen LogP contribution < -0.4 is 5.73 Å². The molecule has 2 nitrogen and oxygen atoms in total. The van der Waals surface area contributed by atoms with Gasteiger partial charge < -0.3 is 5.73 Å². The fourth-order valence-electron chi connectivity index (χ4n) is 0.766. The molecule has 2 N–H and O–H groups in total. The molecule has 0 bridgehead atoms. The molecule has 4 heteroatoms. The molecule has 0 atom stereocenters. The summed E-state index contributed by atoms with van der Waals surface area (Å²) in [4.78, 5) is 10.0. The number of benzene rings is 1. The van der Waals surface area contributed by atoms with E-state index in [-0.39, 0.29) is 0 Å². The molecule has 0 saturated heterocycles. The van der Waals surface area contributed by atoms with E-state index in [1.165, 1.54) is 18.2 Å². The number of hydrogen-bond donors (Lipinski definition) is 1. The topological polar surface area (TPSA) is 43.1 Å². The summed E-state index contributed by atoms with van der Waals surface area (Å²) in [5.41, 5.74) is 6.46. The number of rotatable bonds is 1. The maximum absolute atomic E-state index is 10.0. The second-order valence-corrected chi connectivity index (χ2v) is 2.97. The summed E-state index contributed by atoms with van der Waals surface area (Å²) in [5.74, 6) is 1.61. The molecular weight excluding hydrogens is 197 g/mol. The van der Waals surface area contributed by atoms with Crippen molar-refractivity contribution in [1.29, 1.82) is 0 Å². The van der Waals surface area contributed by atoms with Crippen LogP contribution in [0.5, 0.6) is 0 Å². The van der Waals surface area contributed by atoms with Crippen molar-refractivity contribution >= 4 is 40.9 Å². The molecule has 1 rings (SSSR count). The molecule has 12 heavy (non-hydrogen) atoms. The molecule has 0 radical (unpaired) electrons. The van der Waals surface area contributed by atoms with Crippen molar-refractivity contribution in [3.63, 3.8) is 0 Å². The maximum Gasteiger partial charge on any atom is 0.125 e. The Morgan fingerprint density at radius 2 is 1.92 bits per heavy atom. The predicted molar refractivity (Wildman–Crippen MR) is 51.0 cm³/mol. The molecule has 1 aromatic rings. The summed E-state index contributed by atoms with van der Waals surface area (Å²) in [6.45, 7) is 0. The summed E-state index contributed by atoms with van der Waals surface area (Å²) in [6.07, 6.45) is 1.21. The lowest BCUT2D eigenvalue weighted by atomic mass is 10.2. The van der Waals surface area contributed by atoms with E-state index in [1.807, 2.05) is 0 Å². The highest BCUT2D eigenvalue weighted by atomic mass is 35.5. The zero-order valence-electron chi connectivity index (χ0n) is 5.97. The first-order chi connectivity index (χ1) is 5.65. The Morgan fingerprint density at radius 1 is 1.33 bits per heavy atom. The van der Waals surface area contributed by atoms with Crippen molar-refractivity contribution in [3.8, 4) is 0 Å². The van der Waals surface area contributed by atoms with Crippen molar-refractivity contribution in [1.82, 2.24) is 0 Å². The second kappa shape index (κ2) is 3.63. The van der Waals surface area contributed by atoms with E-state index < -0.39 is 0 Å². The normalized spacial score (nSPS) is 9.17. The average molecular weight is 202 g/mol. The van der Waals surface area contributed by atoms with E-state index in [4.69, 9.17) is 28.9 Å². The van der Waals surface area contributed by atoms with Crippen LogP contribution in [0.25, 0.3) is 6.08 Å². The highest BCUT2D eigenvalue weighted by Crippen LogP contribution is 2.27. The number of halogens is 2. The lowest BCUT2D eigenvalue weighted by Crippen LogP contribution is -1.89. The SMILES string of the molecule is Nc1cc(Cl)c(Cl)cc1C=C=O. The molecule has 0 amide bonds. The first kappa shape index (κ1) is 9.14. The van der Waals surface area contributed by atoms with Crippen molar-refractivity contribution < 1.29 is 4.79 Å². The molecule has 0 heterocycles. The Hall–Kier alpha value is -0.950. The number of carbonyl (C=O) groups excluding carboxylic acids is 1. The third-order valence-electron chi connectivity index (χ3n) is 1.34. The molecule has 0 unspecified atom stereocenters. The van der Waals surface area contributed by atoms with Crippen LogP contribution in [0, 0.1) is 0 Å². The van der Waals surface area contributed by atoms with E-state index in [0.29, 0.717) is 21.3 Å². The van der Waals surface area contributed by atoms with E-state index >= 15 is 0 Å². The van der Waals surface area contributed by atoms with Gasteiger partial charge in [-0.2, -0.15) is 0 Å². The fraction of sp³-hybridized carbons (Fsp3) is 0. The lowest BCUT2D eigenvalue weighted by molar-refractivity contribution is 0.570. The number of nitrogen functional groups attached to an aromatic ring is 1. The largest absolute Gasteiger partial charge is 0.398 e. The first-order valence-electron chi connectivity index (χ1n) is 3.10. The smallest absolute Gasteiger partial charge is 0.125 e.